The van der Waals surface area contributed by atoms with E-state index < -0.39 is 17.5 Å². The highest BCUT2D eigenvalue weighted by molar-refractivity contribution is 5.95. The largest absolute Gasteiger partial charge is 0.396 e. The van der Waals surface area contributed by atoms with Crippen molar-refractivity contribution in [1.82, 2.24) is 4.90 Å². The average molecular weight is 284 g/mol. The Morgan fingerprint density at radius 2 is 2.10 bits per heavy atom. The molecule has 1 aromatic carbocycles. The third kappa shape index (κ3) is 2.90. The average Bonchev–Trinajstić information content (AvgIpc) is 2.43. The van der Waals surface area contributed by atoms with Crippen molar-refractivity contribution in [2.45, 2.75) is 31.7 Å². The fraction of sp³-hybridized carbons (Fsp3) is 0.500. The van der Waals surface area contributed by atoms with Gasteiger partial charge in [-0.25, -0.2) is 8.78 Å². The zero-order valence-corrected chi connectivity index (χ0v) is 11.1. The first kappa shape index (κ1) is 14.7. The number of hydrogen-bond donors (Lipinski definition) is 2. The van der Waals surface area contributed by atoms with Crippen molar-refractivity contribution >= 4 is 11.6 Å². The minimum Gasteiger partial charge on any atom is -0.396 e. The molecule has 1 saturated heterocycles. The van der Waals surface area contributed by atoms with Crippen LogP contribution in [0.15, 0.2) is 12.1 Å². The first-order chi connectivity index (χ1) is 9.54. The molecule has 1 aliphatic heterocycles. The molecular weight excluding hydrogens is 266 g/mol. The van der Waals surface area contributed by atoms with E-state index in [2.05, 4.69) is 0 Å². The van der Waals surface area contributed by atoms with Gasteiger partial charge in [0.15, 0.2) is 0 Å². The van der Waals surface area contributed by atoms with Crippen LogP contribution in [0.3, 0.4) is 0 Å². The maximum atomic E-state index is 13.8. The van der Waals surface area contributed by atoms with E-state index in [0.717, 1.165) is 25.3 Å². The molecule has 1 aromatic rings. The molecule has 1 atom stereocenters. The van der Waals surface area contributed by atoms with E-state index in [0.29, 0.717) is 19.0 Å². The predicted octanol–water partition coefficient (Wildman–Crippen LogP) is 1.92. The Kier molecular flexibility index (Phi) is 4.54. The smallest absolute Gasteiger partial charge is 0.257 e. The van der Waals surface area contributed by atoms with Crippen LogP contribution < -0.4 is 5.73 Å². The summed E-state index contributed by atoms with van der Waals surface area (Å²) < 4.78 is 26.9. The van der Waals surface area contributed by atoms with Crippen LogP contribution >= 0.6 is 0 Å². The number of nitrogens with two attached hydrogens (primary N) is 1. The number of amides is 1. The monoisotopic (exact) mass is 284 g/mol. The van der Waals surface area contributed by atoms with Gasteiger partial charge in [0.2, 0.25) is 0 Å². The molecule has 1 fully saturated rings. The molecule has 3 N–H and O–H groups in total. The van der Waals surface area contributed by atoms with Gasteiger partial charge in [-0.2, -0.15) is 0 Å². The van der Waals surface area contributed by atoms with Crippen LogP contribution in [-0.2, 0) is 0 Å². The van der Waals surface area contributed by atoms with Gasteiger partial charge in [0.05, 0.1) is 11.3 Å². The number of benzene rings is 1. The number of nitrogen functional groups attached to an aromatic ring is 1. The molecule has 1 heterocycles. The Labute approximate surface area is 116 Å². The Balaban J connectivity index is 2.27. The number of likely N-dealkylation sites (tertiary alicyclic amines) is 1. The van der Waals surface area contributed by atoms with Crippen molar-refractivity contribution in [2.24, 2.45) is 0 Å². The van der Waals surface area contributed by atoms with Crippen molar-refractivity contribution in [2.75, 3.05) is 18.9 Å². The molecule has 0 bridgehead atoms. The van der Waals surface area contributed by atoms with Gasteiger partial charge in [-0.3, -0.25) is 4.79 Å². The highest BCUT2D eigenvalue weighted by Gasteiger charge is 2.29. The van der Waals surface area contributed by atoms with Crippen molar-refractivity contribution in [1.29, 1.82) is 0 Å². The summed E-state index contributed by atoms with van der Waals surface area (Å²) in [6.07, 6.45) is 3.06. The van der Waals surface area contributed by atoms with E-state index in [9.17, 15) is 13.6 Å². The van der Waals surface area contributed by atoms with Gasteiger partial charge in [-0.1, -0.05) is 0 Å². The summed E-state index contributed by atoms with van der Waals surface area (Å²) in [4.78, 5) is 13.9. The molecule has 0 saturated carbocycles. The summed E-state index contributed by atoms with van der Waals surface area (Å²) in [5.41, 5.74) is 4.94. The summed E-state index contributed by atoms with van der Waals surface area (Å²) in [7, 11) is 0. The van der Waals surface area contributed by atoms with E-state index in [4.69, 9.17) is 10.8 Å². The van der Waals surface area contributed by atoms with Crippen LogP contribution in [0.25, 0.3) is 0 Å². The number of aliphatic hydroxyl groups is 1. The normalized spacial score (nSPS) is 19.1. The standard InChI is InChI=1S/C14H18F2N2O2/c15-11-8-12(16)13(17)7-10(11)14(20)18-5-2-1-3-9(18)4-6-19/h7-9,19H,1-6,17H2. The lowest BCUT2D eigenvalue weighted by Gasteiger charge is -2.35. The van der Waals surface area contributed by atoms with Crippen molar-refractivity contribution in [3.63, 3.8) is 0 Å². The maximum absolute atomic E-state index is 13.8. The van der Waals surface area contributed by atoms with Crippen LogP contribution in [0.1, 0.15) is 36.0 Å². The molecular formula is C14H18F2N2O2. The molecule has 1 aliphatic rings. The third-order valence-electron chi connectivity index (χ3n) is 3.67. The quantitative estimate of drug-likeness (QED) is 0.833. The van der Waals surface area contributed by atoms with Crippen molar-refractivity contribution in [3.05, 3.63) is 29.3 Å². The van der Waals surface area contributed by atoms with Gasteiger partial charge in [-0.05, 0) is 31.7 Å². The van der Waals surface area contributed by atoms with Gasteiger partial charge in [0.1, 0.15) is 11.6 Å². The fourth-order valence-corrected chi connectivity index (χ4v) is 2.60. The number of carbonyl (C=O) groups is 1. The summed E-state index contributed by atoms with van der Waals surface area (Å²) in [5.74, 6) is -2.27. The highest BCUT2D eigenvalue weighted by Crippen LogP contribution is 2.24. The summed E-state index contributed by atoms with van der Waals surface area (Å²) in [6, 6.07) is 1.57. The molecule has 110 valence electrons. The van der Waals surface area contributed by atoms with E-state index in [1.807, 2.05) is 0 Å². The second-order valence-corrected chi connectivity index (χ2v) is 5.01. The number of rotatable bonds is 3. The van der Waals surface area contributed by atoms with Gasteiger partial charge in [-0.15, -0.1) is 0 Å². The second kappa shape index (κ2) is 6.17. The van der Waals surface area contributed by atoms with E-state index in [1.54, 1.807) is 4.90 Å². The molecule has 0 aliphatic carbocycles. The lowest BCUT2D eigenvalue weighted by Crippen LogP contribution is -2.44. The van der Waals surface area contributed by atoms with Crippen LogP contribution in [0.2, 0.25) is 0 Å². The zero-order chi connectivity index (χ0) is 14.7. The Hall–Kier alpha value is -1.69. The summed E-state index contributed by atoms with van der Waals surface area (Å²) in [5, 5.41) is 9.04. The van der Waals surface area contributed by atoms with Crippen LogP contribution in [0.4, 0.5) is 14.5 Å². The van der Waals surface area contributed by atoms with Gasteiger partial charge in [0, 0.05) is 25.3 Å². The van der Waals surface area contributed by atoms with E-state index >= 15 is 0 Å². The predicted molar refractivity (Wildman–Crippen MR) is 71.1 cm³/mol. The number of aliphatic hydroxyl groups excluding tert-OH is 1. The third-order valence-corrected chi connectivity index (χ3v) is 3.67. The number of nitrogens with zero attached hydrogens (tertiary/aromatic N) is 1. The van der Waals surface area contributed by atoms with Crippen LogP contribution in [0, 0.1) is 11.6 Å². The fourth-order valence-electron chi connectivity index (χ4n) is 2.60. The summed E-state index contributed by atoms with van der Waals surface area (Å²) in [6.45, 7) is 0.489. The second-order valence-electron chi connectivity index (χ2n) is 5.01. The molecule has 0 aromatic heterocycles. The minimum absolute atomic E-state index is 0.0253. The summed E-state index contributed by atoms with van der Waals surface area (Å²) >= 11 is 0. The van der Waals surface area contributed by atoms with Gasteiger partial charge < -0.3 is 15.7 Å². The SMILES string of the molecule is Nc1cc(C(=O)N2CCCCC2CCO)c(F)cc1F. The van der Waals surface area contributed by atoms with E-state index in [1.165, 1.54) is 0 Å². The Morgan fingerprint density at radius 1 is 1.35 bits per heavy atom. The molecule has 6 heteroatoms. The number of carbonyl (C=O) groups excluding carboxylic acids is 1. The number of halogens is 2. The maximum Gasteiger partial charge on any atom is 0.257 e. The van der Waals surface area contributed by atoms with Crippen molar-refractivity contribution in [3.8, 4) is 0 Å². The van der Waals surface area contributed by atoms with E-state index in [-0.39, 0.29) is 23.9 Å². The highest BCUT2D eigenvalue weighted by atomic mass is 19.1. The number of piperidine rings is 1. The topological polar surface area (TPSA) is 66.6 Å². The van der Waals surface area contributed by atoms with Crippen LogP contribution in [0.5, 0.6) is 0 Å². The van der Waals surface area contributed by atoms with Crippen molar-refractivity contribution < 1.29 is 18.7 Å². The first-order valence-electron chi connectivity index (χ1n) is 6.71. The number of hydrogen-bond acceptors (Lipinski definition) is 3. The molecule has 20 heavy (non-hydrogen) atoms. The van der Waals surface area contributed by atoms with Gasteiger partial charge >= 0.3 is 0 Å². The molecule has 0 spiro atoms. The molecule has 1 amide bonds. The molecule has 0 radical (unpaired) electrons. The number of anilines is 1. The Morgan fingerprint density at radius 3 is 2.80 bits per heavy atom. The zero-order valence-electron chi connectivity index (χ0n) is 11.1. The molecule has 4 nitrogen and oxygen atoms in total. The lowest BCUT2D eigenvalue weighted by atomic mass is 9.98. The molecule has 2 rings (SSSR count). The molecule has 1 unspecified atom stereocenters. The van der Waals surface area contributed by atoms with Crippen LogP contribution in [-0.4, -0.2) is 35.1 Å². The Bertz CT molecular complexity index is 506. The van der Waals surface area contributed by atoms with Gasteiger partial charge in [0.25, 0.3) is 5.91 Å². The minimum atomic E-state index is -0.907. The first-order valence-corrected chi connectivity index (χ1v) is 6.71. The lowest BCUT2D eigenvalue weighted by molar-refractivity contribution is 0.0570.